The van der Waals surface area contributed by atoms with Gasteiger partial charge in [0, 0.05) is 46.6 Å². The highest BCUT2D eigenvalue weighted by Gasteiger charge is 2.14. The zero-order valence-electron chi connectivity index (χ0n) is 28.4. The third-order valence-electron chi connectivity index (χ3n) is 8.11. The number of nitrogen functional groups attached to an aromatic ring is 1. The second kappa shape index (κ2) is 16.3. The molecule has 0 saturated heterocycles. The fourth-order valence-electron chi connectivity index (χ4n) is 5.28. The highest BCUT2D eigenvalue weighted by atomic mass is 16.5. The molecule has 0 bridgehead atoms. The fraction of sp³-hybridized carbons (Fsp3) is 0.128. The Morgan fingerprint density at radius 1 is 0.596 bits per heavy atom. The van der Waals surface area contributed by atoms with Gasteiger partial charge in [0.15, 0.2) is 5.75 Å². The lowest BCUT2D eigenvalue weighted by molar-refractivity contribution is 0.282. The van der Waals surface area contributed by atoms with Crippen LogP contribution in [-0.4, -0.2) is 29.5 Å². The zero-order valence-corrected chi connectivity index (χ0v) is 28.4. The predicted molar refractivity (Wildman–Crippen MR) is 201 cm³/mol. The Morgan fingerprint density at radius 2 is 1.17 bits per heavy atom. The maximum Gasteiger partial charge on any atom is 0.150 e. The van der Waals surface area contributed by atoms with Crippen LogP contribution in [-0.2, 0) is 19.8 Å². The summed E-state index contributed by atoms with van der Waals surface area (Å²) >= 11 is 0. The molecule has 52 heavy (non-hydrogen) atoms. The van der Waals surface area contributed by atoms with Crippen LogP contribution in [0.5, 0.6) is 17.2 Å². The maximum atomic E-state index is 11.1. The minimum absolute atomic E-state index is 0.0261. The van der Waals surface area contributed by atoms with Crippen molar-refractivity contribution >= 4 is 56.3 Å². The van der Waals surface area contributed by atoms with E-state index >= 15 is 0 Å². The van der Waals surface area contributed by atoms with Crippen LogP contribution in [0.25, 0.3) is 10.8 Å². The Bertz CT molecular complexity index is 2280. The summed E-state index contributed by atoms with van der Waals surface area (Å²) in [5.41, 5.74) is 11.6. The van der Waals surface area contributed by atoms with Crippen LogP contribution in [0.15, 0.2) is 140 Å². The number of aromatic hydroxyl groups is 1. The molecule has 0 radical (unpaired) electrons. The average molecular weight is 697 g/mol. The van der Waals surface area contributed by atoms with Gasteiger partial charge in [-0.15, -0.1) is 20.5 Å². The number of rotatable bonds is 13. The molecule has 13 heteroatoms. The molecular formula is C39H36N8O5. The summed E-state index contributed by atoms with van der Waals surface area (Å²) in [4.78, 5) is 0. The Labute approximate surface area is 299 Å². The van der Waals surface area contributed by atoms with Gasteiger partial charge in [0.05, 0.1) is 44.5 Å². The Hall–Kier alpha value is -6.70. The number of nitrogens with zero attached hydrogens (tertiary/aromatic N) is 6. The van der Waals surface area contributed by atoms with Gasteiger partial charge >= 0.3 is 0 Å². The largest absolute Gasteiger partial charge is 0.505 e. The van der Waals surface area contributed by atoms with Gasteiger partial charge in [-0.2, -0.15) is 10.2 Å². The highest BCUT2D eigenvalue weighted by molar-refractivity contribution is 5.94. The molecule has 0 heterocycles. The van der Waals surface area contributed by atoms with E-state index in [4.69, 9.17) is 15.2 Å². The Morgan fingerprint density at radius 3 is 1.77 bits per heavy atom. The number of methoxy groups -OCH3 is 2. The number of benzene rings is 6. The van der Waals surface area contributed by atoms with Crippen molar-refractivity contribution in [1.29, 1.82) is 0 Å². The van der Waals surface area contributed by atoms with Gasteiger partial charge in [-0.1, -0.05) is 36.4 Å². The molecule has 6 aromatic carbocycles. The first-order chi connectivity index (χ1) is 25.4. The number of phenols is 1. The lowest BCUT2D eigenvalue weighted by Gasteiger charge is -2.11. The first-order valence-corrected chi connectivity index (χ1v) is 16.2. The Kier molecular flexibility index (Phi) is 11.0. The minimum atomic E-state index is -0.380. The van der Waals surface area contributed by atoms with Crippen LogP contribution in [0.3, 0.4) is 0 Å². The molecule has 6 N–H and O–H groups in total. The minimum Gasteiger partial charge on any atom is -0.505 e. The van der Waals surface area contributed by atoms with Crippen molar-refractivity contribution in [2.24, 2.45) is 30.7 Å². The summed E-state index contributed by atoms with van der Waals surface area (Å²) in [5.74, 6) is 0.639. The number of nitrogens with one attached hydrogen (secondary N) is 1. The van der Waals surface area contributed by atoms with Gasteiger partial charge in [0.2, 0.25) is 0 Å². The van der Waals surface area contributed by atoms with Gasteiger partial charge in [-0.05, 0) is 71.6 Å². The molecule has 0 aliphatic carbocycles. The van der Waals surface area contributed by atoms with Crippen molar-refractivity contribution in [2.75, 3.05) is 25.3 Å². The fourth-order valence-corrected chi connectivity index (χ4v) is 5.28. The molecule has 0 aliphatic heterocycles. The standard InChI is InChI=1S/C39H36N8O5/c1-51-37-19-33(44-42-29-6-4-3-5-7-29)26(22-48)17-36(37)47-45-34-20-38(52-2)35(18-27(34)23-49)46-43-32-15-10-25-16-30(13-14-31(25)39(32)50)41-21-24-8-11-28(40)12-9-24/h3-20,41,48-50H,21-23,40H2,1-2H3. The first-order valence-electron chi connectivity index (χ1n) is 16.2. The molecular weight excluding hydrogens is 660 g/mol. The van der Waals surface area contributed by atoms with Crippen molar-refractivity contribution in [3.8, 4) is 17.2 Å². The maximum absolute atomic E-state index is 11.1. The van der Waals surface area contributed by atoms with E-state index in [2.05, 4.69) is 36.0 Å². The van der Waals surface area contributed by atoms with Crippen molar-refractivity contribution in [1.82, 2.24) is 0 Å². The number of phenolic OH excluding ortho intramolecular Hbond substituents is 1. The molecule has 0 fully saturated rings. The molecule has 6 rings (SSSR count). The van der Waals surface area contributed by atoms with E-state index in [-0.39, 0.29) is 24.7 Å². The number of fused-ring (bicyclic) bond motifs is 1. The molecule has 262 valence electrons. The lowest BCUT2D eigenvalue weighted by Crippen LogP contribution is -1.99. The van der Waals surface area contributed by atoms with E-state index in [1.54, 1.807) is 30.3 Å². The van der Waals surface area contributed by atoms with Gasteiger partial charge in [0.1, 0.15) is 28.6 Å². The normalized spacial score (nSPS) is 11.6. The average Bonchev–Trinajstić information content (AvgIpc) is 3.18. The predicted octanol–water partition coefficient (Wildman–Crippen LogP) is 9.99. The van der Waals surface area contributed by atoms with Crippen LogP contribution in [0.4, 0.5) is 45.5 Å². The second-order valence-corrected chi connectivity index (χ2v) is 11.5. The Balaban J connectivity index is 1.22. The smallest absolute Gasteiger partial charge is 0.150 e. The number of azo groups is 3. The lowest BCUT2D eigenvalue weighted by atomic mass is 10.1. The van der Waals surface area contributed by atoms with Gasteiger partial charge in [-0.3, -0.25) is 0 Å². The summed E-state index contributed by atoms with van der Waals surface area (Å²) < 4.78 is 11.1. The topological polar surface area (TPSA) is 191 Å². The third-order valence-corrected chi connectivity index (χ3v) is 8.11. The molecule has 0 unspecified atom stereocenters. The quantitative estimate of drug-likeness (QED) is 0.0586. The molecule has 13 nitrogen and oxygen atoms in total. The van der Waals surface area contributed by atoms with E-state index in [0.29, 0.717) is 68.7 Å². The monoisotopic (exact) mass is 696 g/mol. The van der Waals surface area contributed by atoms with Gasteiger partial charge < -0.3 is 35.8 Å². The number of ether oxygens (including phenoxy) is 2. The van der Waals surface area contributed by atoms with Crippen molar-refractivity contribution in [3.63, 3.8) is 0 Å². The van der Waals surface area contributed by atoms with Gasteiger partial charge in [0.25, 0.3) is 0 Å². The number of anilines is 2. The van der Waals surface area contributed by atoms with Gasteiger partial charge in [-0.25, -0.2) is 0 Å². The van der Waals surface area contributed by atoms with E-state index in [0.717, 1.165) is 16.6 Å². The van der Waals surface area contributed by atoms with E-state index in [1.807, 2.05) is 78.9 Å². The van der Waals surface area contributed by atoms with Crippen molar-refractivity contribution < 1.29 is 24.8 Å². The summed E-state index contributed by atoms with van der Waals surface area (Å²) in [6.07, 6.45) is 0. The summed E-state index contributed by atoms with van der Waals surface area (Å²) in [5, 5.41) is 62.0. The van der Waals surface area contributed by atoms with Crippen LogP contribution in [0.2, 0.25) is 0 Å². The molecule has 0 spiro atoms. The number of aliphatic hydroxyl groups excluding tert-OH is 2. The third kappa shape index (κ3) is 8.18. The first kappa shape index (κ1) is 35.1. The summed E-state index contributed by atoms with van der Waals surface area (Å²) in [6, 6.07) is 32.4. The van der Waals surface area contributed by atoms with Crippen molar-refractivity contribution in [2.45, 2.75) is 19.8 Å². The van der Waals surface area contributed by atoms with Crippen molar-refractivity contribution in [3.05, 3.63) is 126 Å². The summed E-state index contributed by atoms with van der Waals surface area (Å²) in [6.45, 7) is -0.0765. The number of nitrogens with two attached hydrogens (primary N) is 1. The van der Waals surface area contributed by atoms with Crippen LogP contribution in [0.1, 0.15) is 16.7 Å². The molecule has 0 aliphatic rings. The zero-order chi connectivity index (χ0) is 36.5. The SMILES string of the molecule is COc1cc(N=Nc2ccccc2)c(CO)cc1N=Nc1cc(OC)c(N=Nc2ccc3cc(NCc4ccc(N)cc4)ccc3c2O)cc1CO. The number of hydrogen-bond donors (Lipinski definition) is 5. The molecule has 0 saturated carbocycles. The molecule has 0 amide bonds. The van der Waals surface area contributed by atoms with Crippen LogP contribution < -0.4 is 20.5 Å². The molecule has 6 aromatic rings. The van der Waals surface area contributed by atoms with E-state index < -0.39 is 0 Å². The highest BCUT2D eigenvalue weighted by Crippen LogP contribution is 2.41. The molecule has 0 atom stereocenters. The van der Waals surface area contributed by atoms with E-state index in [1.165, 1.54) is 14.2 Å². The summed E-state index contributed by atoms with van der Waals surface area (Å²) in [7, 11) is 2.96. The number of hydrogen-bond acceptors (Lipinski definition) is 13. The van der Waals surface area contributed by atoms with E-state index in [9.17, 15) is 15.3 Å². The van der Waals surface area contributed by atoms with Crippen LogP contribution >= 0.6 is 0 Å². The number of aliphatic hydroxyl groups is 2. The van der Waals surface area contributed by atoms with Crippen LogP contribution in [0, 0.1) is 0 Å². The molecule has 0 aromatic heterocycles. The second-order valence-electron chi connectivity index (χ2n) is 11.5.